The average molecular weight is 344 g/mol. The number of benzene rings is 1. The summed E-state index contributed by atoms with van der Waals surface area (Å²) in [6, 6.07) is 8.35. The second-order valence-corrected chi connectivity index (χ2v) is 6.82. The quantitative estimate of drug-likeness (QED) is 0.888. The van der Waals surface area contributed by atoms with Gasteiger partial charge in [-0.25, -0.2) is 4.39 Å². The van der Waals surface area contributed by atoms with Crippen molar-refractivity contribution in [2.75, 3.05) is 6.54 Å². The Morgan fingerprint density at radius 1 is 1.42 bits per heavy atom. The number of thiophene rings is 1. The Balaban J connectivity index is 2.34. The number of aliphatic hydroxyl groups excluding tert-OH is 1. The van der Waals surface area contributed by atoms with Gasteiger partial charge in [-0.15, -0.1) is 11.3 Å². The molecule has 3 N–H and O–H groups in total. The summed E-state index contributed by atoms with van der Waals surface area (Å²) in [5, 5.41) is 10.4. The molecule has 102 valence electrons. The van der Waals surface area contributed by atoms with Crippen molar-refractivity contribution in [2.24, 2.45) is 5.73 Å². The van der Waals surface area contributed by atoms with Crippen molar-refractivity contribution >= 4 is 27.3 Å². The smallest absolute Gasteiger partial charge is 0.126 e. The maximum atomic E-state index is 13.8. The standard InChI is InChI=1S/C14H15BrFNOS/c1-8-6-12(19-14(8)15)13(18)10(7-17)9-4-2-3-5-11(9)16/h2-6,10,13,18H,7,17H2,1H3. The van der Waals surface area contributed by atoms with E-state index in [0.717, 1.165) is 14.2 Å². The lowest BCUT2D eigenvalue weighted by Crippen LogP contribution is -2.20. The Kier molecular flexibility index (Phi) is 4.73. The Labute approximate surface area is 124 Å². The molecule has 2 rings (SSSR count). The summed E-state index contributed by atoms with van der Waals surface area (Å²) >= 11 is 4.88. The fourth-order valence-corrected chi connectivity index (χ4v) is 3.65. The van der Waals surface area contributed by atoms with Gasteiger partial charge in [0.2, 0.25) is 0 Å². The minimum Gasteiger partial charge on any atom is -0.387 e. The van der Waals surface area contributed by atoms with E-state index in [0.29, 0.717) is 5.56 Å². The molecular weight excluding hydrogens is 329 g/mol. The van der Waals surface area contributed by atoms with Crippen LogP contribution in [0.1, 0.15) is 28.0 Å². The molecule has 0 radical (unpaired) electrons. The number of aryl methyl sites for hydroxylation is 1. The van der Waals surface area contributed by atoms with Crippen LogP contribution in [0.3, 0.4) is 0 Å². The van der Waals surface area contributed by atoms with Gasteiger partial charge in [-0.05, 0) is 46.1 Å². The Hall–Kier alpha value is -0.750. The van der Waals surface area contributed by atoms with E-state index >= 15 is 0 Å². The Morgan fingerprint density at radius 3 is 2.63 bits per heavy atom. The summed E-state index contributed by atoms with van der Waals surface area (Å²) in [6.07, 6.45) is -0.795. The van der Waals surface area contributed by atoms with Crippen LogP contribution in [-0.2, 0) is 0 Å². The number of halogens is 2. The second-order valence-electron chi connectivity index (χ2n) is 4.41. The SMILES string of the molecule is Cc1cc(C(O)C(CN)c2ccccc2F)sc1Br. The maximum Gasteiger partial charge on any atom is 0.126 e. The lowest BCUT2D eigenvalue weighted by Gasteiger charge is -2.21. The zero-order valence-corrected chi connectivity index (χ0v) is 12.8. The molecule has 0 amide bonds. The summed E-state index contributed by atoms with van der Waals surface area (Å²) in [5.74, 6) is -0.768. The monoisotopic (exact) mass is 343 g/mol. The van der Waals surface area contributed by atoms with Crippen molar-refractivity contribution in [3.63, 3.8) is 0 Å². The summed E-state index contributed by atoms with van der Waals surface area (Å²) in [5.41, 5.74) is 7.24. The lowest BCUT2D eigenvalue weighted by molar-refractivity contribution is 0.149. The molecule has 19 heavy (non-hydrogen) atoms. The van der Waals surface area contributed by atoms with E-state index in [9.17, 15) is 9.50 Å². The molecule has 2 atom stereocenters. The van der Waals surface area contributed by atoms with Gasteiger partial charge < -0.3 is 10.8 Å². The molecule has 2 nitrogen and oxygen atoms in total. The van der Waals surface area contributed by atoms with Crippen molar-refractivity contribution in [1.29, 1.82) is 0 Å². The molecule has 1 heterocycles. The molecule has 0 aliphatic carbocycles. The fourth-order valence-electron chi connectivity index (χ4n) is 2.03. The molecular formula is C14H15BrFNOS. The van der Waals surface area contributed by atoms with Gasteiger partial charge >= 0.3 is 0 Å². The third-order valence-corrected chi connectivity index (χ3v) is 5.31. The van der Waals surface area contributed by atoms with Crippen LogP contribution in [0, 0.1) is 12.7 Å². The summed E-state index contributed by atoms with van der Waals surface area (Å²) in [4.78, 5) is 0.795. The van der Waals surface area contributed by atoms with Crippen molar-refractivity contribution < 1.29 is 9.50 Å². The van der Waals surface area contributed by atoms with E-state index in [2.05, 4.69) is 15.9 Å². The molecule has 0 fully saturated rings. The number of rotatable bonds is 4. The number of hydrogen-bond donors (Lipinski definition) is 2. The van der Waals surface area contributed by atoms with E-state index in [1.54, 1.807) is 18.2 Å². The molecule has 1 aromatic carbocycles. The number of nitrogens with two attached hydrogens (primary N) is 1. The average Bonchev–Trinajstić information content (AvgIpc) is 2.73. The third-order valence-electron chi connectivity index (χ3n) is 3.11. The summed E-state index contributed by atoms with van der Waals surface area (Å²) in [6.45, 7) is 2.15. The molecule has 0 saturated carbocycles. The van der Waals surface area contributed by atoms with Crippen LogP contribution in [-0.4, -0.2) is 11.7 Å². The van der Waals surface area contributed by atoms with Gasteiger partial charge in [0.25, 0.3) is 0 Å². The van der Waals surface area contributed by atoms with E-state index in [1.807, 2.05) is 13.0 Å². The van der Waals surface area contributed by atoms with Crippen LogP contribution in [0.25, 0.3) is 0 Å². The molecule has 0 aliphatic rings. The highest BCUT2D eigenvalue weighted by atomic mass is 79.9. The van der Waals surface area contributed by atoms with Gasteiger partial charge in [0.05, 0.1) is 9.89 Å². The predicted octanol–water partition coefficient (Wildman–Crippen LogP) is 3.73. The van der Waals surface area contributed by atoms with Crippen molar-refractivity contribution in [1.82, 2.24) is 0 Å². The zero-order chi connectivity index (χ0) is 14.0. The van der Waals surface area contributed by atoms with Crippen LogP contribution < -0.4 is 5.73 Å². The van der Waals surface area contributed by atoms with Crippen LogP contribution in [0.2, 0.25) is 0 Å². The van der Waals surface area contributed by atoms with Gasteiger partial charge in [-0.1, -0.05) is 18.2 Å². The van der Waals surface area contributed by atoms with Crippen LogP contribution in [0.4, 0.5) is 4.39 Å². The molecule has 1 aromatic heterocycles. The lowest BCUT2D eigenvalue weighted by atomic mass is 9.92. The topological polar surface area (TPSA) is 46.2 Å². The van der Waals surface area contributed by atoms with Gasteiger partial charge in [-0.3, -0.25) is 0 Å². The first-order valence-corrected chi connectivity index (χ1v) is 7.54. The molecule has 2 aromatic rings. The minimum atomic E-state index is -0.795. The highest BCUT2D eigenvalue weighted by molar-refractivity contribution is 9.11. The predicted molar refractivity (Wildman–Crippen MR) is 79.9 cm³/mol. The first kappa shape index (κ1) is 14.7. The molecule has 5 heteroatoms. The Morgan fingerprint density at radius 2 is 2.11 bits per heavy atom. The number of hydrogen-bond acceptors (Lipinski definition) is 3. The van der Waals surface area contributed by atoms with Crippen LogP contribution >= 0.6 is 27.3 Å². The molecule has 0 spiro atoms. The molecule has 2 unspecified atom stereocenters. The largest absolute Gasteiger partial charge is 0.387 e. The third kappa shape index (κ3) is 3.05. The first-order valence-electron chi connectivity index (χ1n) is 5.93. The summed E-state index contributed by atoms with van der Waals surface area (Å²) in [7, 11) is 0. The van der Waals surface area contributed by atoms with Gasteiger partial charge in [-0.2, -0.15) is 0 Å². The number of aliphatic hydroxyl groups is 1. The normalized spacial score (nSPS) is 14.4. The van der Waals surface area contributed by atoms with Crippen LogP contribution in [0.5, 0.6) is 0 Å². The van der Waals surface area contributed by atoms with Crippen molar-refractivity contribution in [2.45, 2.75) is 18.9 Å². The van der Waals surface area contributed by atoms with E-state index in [4.69, 9.17) is 5.73 Å². The Bertz CT molecular complexity index is 553. The zero-order valence-electron chi connectivity index (χ0n) is 10.4. The minimum absolute atomic E-state index is 0.191. The van der Waals surface area contributed by atoms with Crippen LogP contribution in [0.15, 0.2) is 34.1 Å². The van der Waals surface area contributed by atoms with E-state index in [1.165, 1.54) is 17.4 Å². The van der Waals surface area contributed by atoms with Gasteiger partial charge in [0.15, 0.2) is 0 Å². The highest BCUT2D eigenvalue weighted by Crippen LogP contribution is 2.38. The van der Waals surface area contributed by atoms with E-state index < -0.39 is 12.0 Å². The van der Waals surface area contributed by atoms with Gasteiger partial charge in [0.1, 0.15) is 5.82 Å². The molecule has 0 saturated heterocycles. The fraction of sp³-hybridized carbons (Fsp3) is 0.286. The van der Waals surface area contributed by atoms with E-state index in [-0.39, 0.29) is 12.4 Å². The molecule has 0 aliphatic heterocycles. The van der Waals surface area contributed by atoms with Crippen molar-refractivity contribution in [3.8, 4) is 0 Å². The summed E-state index contributed by atoms with van der Waals surface area (Å²) < 4.78 is 14.8. The van der Waals surface area contributed by atoms with Gasteiger partial charge in [0, 0.05) is 17.3 Å². The molecule has 0 bridgehead atoms. The second kappa shape index (κ2) is 6.13. The van der Waals surface area contributed by atoms with Crippen molar-refractivity contribution in [3.05, 3.63) is 55.9 Å². The highest BCUT2D eigenvalue weighted by Gasteiger charge is 2.25. The first-order chi connectivity index (χ1) is 9.04. The maximum absolute atomic E-state index is 13.8.